The second-order valence-corrected chi connectivity index (χ2v) is 7.90. The van der Waals surface area contributed by atoms with Crippen molar-refractivity contribution in [2.24, 2.45) is 0 Å². The van der Waals surface area contributed by atoms with Crippen molar-refractivity contribution in [1.82, 2.24) is 19.7 Å². The fourth-order valence-corrected chi connectivity index (χ4v) is 4.59. The van der Waals surface area contributed by atoms with Crippen molar-refractivity contribution < 1.29 is 14.2 Å². The number of hydrogen-bond donors (Lipinski definition) is 1. The molecule has 0 radical (unpaired) electrons. The summed E-state index contributed by atoms with van der Waals surface area (Å²) in [6, 6.07) is 6.01. The largest absolute Gasteiger partial charge is 0.481 e. The smallest absolute Gasteiger partial charge is 0.259 e. The number of H-pyrrole nitrogens is 1. The molecule has 2 unspecified atom stereocenters. The average Bonchev–Trinajstić information content (AvgIpc) is 3.41. The zero-order valence-electron chi connectivity index (χ0n) is 17.9. The van der Waals surface area contributed by atoms with E-state index in [-0.39, 0.29) is 17.7 Å². The number of hydrogen-bond acceptors (Lipinski definition) is 6. The van der Waals surface area contributed by atoms with Crippen LogP contribution in [0, 0.1) is 13.8 Å². The van der Waals surface area contributed by atoms with Gasteiger partial charge >= 0.3 is 0 Å². The first-order valence-corrected chi connectivity index (χ1v) is 10.2. The van der Waals surface area contributed by atoms with Gasteiger partial charge in [0, 0.05) is 24.3 Å². The van der Waals surface area contributed by atoms with Crippen LogP contribution in [0.4, 0.5) is 0 Å². The van der Waals surface area contributed by atoms with E-state index in [1.807, 2.05) is 30.7 Å². The van der Waals surface area contributed by atoms with Gasteiger partial charge in [-0.3, -0.25) is 9.48 Å². The van der Waals surface area contributed by atoms with E-state index in [2.05, 4.69) is 21.1 Å². The van der Waals surface area contributed by atoms with Gasteiger partial charge in [0.15, 0.2) is 0 Å². The van der Waals surface area contributed by atoms with Gasteiger partial charge in [0.2, 0.25) is 5.88 Å². The Kier molecular flexibility index (Phi) is 4.75. The van der Waals surface area contributed by atoms with Crippen LogP contribution in [0.1, 0.15) is 17.2 Å². The lowest BCUT2D eigenvalue weighted by Crippen LogP contribution is -2.25. The summed E-state index contributed by atoms with van der Waals surface area (Å²) in [4.78, 5) is 20.2. The number of nitrogens with one attached hydrogen (secondary N) is 1. The second-order valence-electron chi connectivity index (χ2n) is 7.90. The summed E-state index contributed by atoms with van der Waals surface area (Å²) in [5.41, 5.74) is 5.41. The summed E-state index contributed by atoms with van der Waals surface area (Å²) in [7, 11) is 3.28. The molecular formula is C23H24N4O4. The Hall–Kier alpha value is -3.23. The number of aromatic nitrogens is 4. The highest BCUT2D eigenvalue weighted by molar-refractivity contribution is 6.04. The van der Waals surface area contributed by atoms with Gasteiger partial charge in [-0.05, 0) is 36.6 Å². The molecule has 0 spiro atoms. The highest BCUT2D eigenvalue weighted by atomic mass is 16.5. The fourth-order valence-electron chi connectivity index (χ4n) is 4.59. The lowest BCUT2D eigenvalue weighted by molar-refractivity contribution is 0.0673. The molecule has 4 heterocycles. The standard InChI is InChI=1S/C23H24N4O4/c1-12-8-24-23(30-4)13(2)20(12)14-5-6-15-17(7-14)26-22(28)16-9-25-27(21(15)16)18-10-31-11-19(18)29-3/h5-9,18-19H,10-11H2,1-4H3,(H,26,28). The fraction of sp³-hybridized carbons (Fsp3) is 0.348. The Morgan fingerprint density at radius 3 is 2.77 bits per heavy atom. The average molecular weight is 420 g/mol. The Morgan fingerprint density at radius 1 is 1.16 bits per heavy atom. The predicted molar refractivity (Wildman–Crippen MR) is 118 cm³/mol. The summed E-state index contributed by atoms with van der Waals surface area (Å²) in [5.74, 6) is 0.592. The molecule has 3 aromatic heterocycles. The van der Waals surface area contributed by atoms with Crippen LogP contribution in [0.15, 0.2) is 35.4 Å². The minimum absolute atomic E-state index is 0.0823. The van der Waals surface area contributed by atoms with Crippen LogP contribution >= 0.6 is 0 Å². The third-order valence-corrected chi connectivity index (χ3v) is 6.13. The highest BCUT2D eigenvalue weighted by Crippen LogP contribution is 2.35. The first-order valence-electron chi connectivity index (χ1n) is 10.2. The maximum absolute atomic E-state index is 12.9. The first kappa shape index (κ1) is 19.7. The van der Waals surface area contributed by atoms with Crippen molar-refractivity contribution in [2.75, 3.05) is 27.4 Å². The monoisotopic (exact) mass is 420 g/mol. The van der Waals surface area contributed by atoms with Crippen molar-refractivity contribution in [2.45, 2.75) is 26.0 Å². The number of methoxy groups -OCH3 is 2. The molecule has 4 aromatic rings. The van der Waals surface area contributed by atoms with E-state index in [1.165, 1.54) is 0 Å². The third kappa shape index (κ3) is 3.02. The molecule has 2 atom stereocenters. The number of nitrogens with zero attached hydrogens (tertiary/aromatic N) is 3. The SMILES string of the molecule is COc1ncc(C)c(-c2ccc3c(c2)[nH]c(=O)c2cnn(C4COCC4OC)c23)c1C. The normalized spacial score (nSPS) is 18.8. The molecule has 1 saturated heterocycles. The van der Waals surface area contributed by atoms with Crippen molar-refractivity contribution in [3.05, 3.63) is 52.1 Å². The van der Waals surface area contributed by atoms with Gasteiger partial charge in [0.05, 0.1) is 42.9 Å². The quantitative estimate of drug-likeness (QED) is 0.545. The zero-order chi connectivity index (χ0) is 21.7. The molecule has 8 heteroatoms. The van der Waals surface area contributed by atoms with E-state index < -0.39 is 0 Å². The van der Waals surface area contributed by atoms with Gasteiger partial charge in [-0.2, -0.15) is 5.10 Å². The molecule has 1 aromatic carbocycles. The van der Waals surface area contributed by atoms with Crippen LogP contribution in [0.5, 0.6) is 5.88 Å². The highest BCUT2D eigenvalue weighted by Gasteiger charge is 2.32. The van der Waals surface area contributed by atoms with Crippen molar-refractivity contribution >= 4 is 21.8 Å². The number of aromatic amines is 1. The summed E-state index contributed by atoms with van der Waals surface area (Å²) in [6.07, 6.45) is 3.32. The molecule has 31 heavy (non-hydrogen) atoms. The van der Waals surface area contributed by atoms with Crippen LogP contribution in [-0.2, 0) is 9.47 Å². The summed E-state index contributed by atoms with van der Waals surface area (Å²) in [6.45, 7) is 5.02. The Bertz CT molecular complexity index is 1360. The molecule has 1 fully saturated rings. The van der Waals surface area contributed by atoms with E-state index in [1.54, 1.807) is 26.6 Å². The molecule has 160 valence electrons. The van der Waals surface area contributed by atoms with Crippen LogP contribution in [0.3, 0.4) is 0 Å². The Labute approximate surface area is 178 Å². The molecule has 0 amide bonds. The minimum Gasteiger partial charge on any atom is -0.481 e. The van der Waals surface area contributed by atoms with Gasteiger partial charge in [0.1, 0.15) is 12.1 Å². The Morgan fingerprint density at radius 2 is 2.00 bits per heavy atom. The maximum Gasteiger partial charge on any atom is 0.259 e. The van der Waals surface area contributed by atoms with Gasteiger partial charge in [-0.15, -0.1) is 0 Å². The topological polar surface area (TPSA) is 91.3 Å². The van der Waals surface area contributed by atoms with Crippen LogP contribution in [0.2, 0.25) is 0 Å². The molecule has 0 aliphatic carbocycles. The third-order valence-electron chi connectivity index (χ3n) is 6.13. The molecule has 8 nitrogen and oxygen atoms in total. The number of pyridine rings is 2. The van der Waals surface area contributed by atoms with Gasteiger partial charge in [-0.25, -0.2) is 4.98 Å². The van der Waals surface area contributed by atoms with Crippen LogP contribution < -0.4 is 10.3 Å². The zero-order valence-corrected chi connectivity index (χ0v) is 17.9. The number of rotatable bonds is 4. The maximum atomic E-state index is 12.9. The number of ether oxygens (including phenoxy) is 3. The minimum atomic E-state index is -0.167. The van der Waals surface area contributed by atoms with Gasteiger partial charge in [0.25, 0.3) is 5.56 Å². The van der Waals surface area contributed by atoms with E-state index >= 15 is 0 Å². The molecule has 1 aliphatic rings. The van der Waals surface area contributed by atoms with Crippen LogP contribution in [-0.4, -0.2) is 53.3 Å². The van der Waals surface area contributed by atoms with E-state index in [9.17, 15) is 4.79 Å². The lowest BCUT2D eigenvalue weighted by atomic mass is 9.96. The molecule has 1 N–H and O–H groups in total. The molecule has 1 aliphatic heterocycles. The number of aryl methyl sites for hydroxylation is 1. The first-order chi connectivity index (χ1) is 15.0. The molecular weight excluding hydrogens is 396 g/mol. The van der Waals surface area contributed by atoms with Crippen LogP contribution in [0.25, 0.3) is 32.9 Å². The van der Waals surface area contributed by atoms with Crippen molar-refractivity contribution in [1.29, 1.82) is 0 Å². The molecule has 5 rings (SSSR count). The summed E-state index contributed by atoms with van der Waals surface area (Å²) in [5, 5.41) is 6.01. The summed E-state index contributed by atoms with van der Waals surface area (Å²) >= 11 is 0. The Balaban J connectivity index is 1.74. The molecule has 0 bridgehead atoms. The predicted octanol–water partition coefficient (Wildman–Crippen LogP) is 3.15. The van der Waals surface area contributed by atoms with Gasteiger partial charge in [-0.1, -0.05) is 12.1 Å². The lowest BCUT2D eigenvalue weighted by Gasteiger charge is -2.18. The van der Waals surface area contributed by atoms with Gasteiger partial charge < -0.3 is 19.2 Å². The van der Waals surface area contributed by atoms with Crippen molar-refractivity contribution in [3.63, 3.8) is 0 Å². The second kappa shape index (κ2) is 7.47. The summed E-state index contributed by atoms with van der Waals surface area (Å²) < 4.78 is 18.5. The van der Waals surface area contributed by atoms with E-state index in [0.717, 1.165) is 38.7 Å². The van der Waals surface area contributed by atoms with E-state index in [4.69, 9.17) is 14.2 Å². The molecule has 0 saturated carbocycles. The van der Waals surface area contributed by atoms with E-state index in [0.29, 0.717) is 24.5 Å². The van der Waals surface area contributed by atoms with Crippen molar-refractivity contribution in [3.8, 4) is 17.0 Å². The number of benzene rings is 1. The number of fused-ring (bicyclic) bond motifs is 3.